The van der Waals surface area contributed by atoms with Crippen LogP contribution in [0.15, 0.2) is 0 Å². The minimum atomic E-state index is -4.29. The Labute approximate surface area is 134 Å². The van der Waals surface area contributed by atoms with E-state index in [1.807, 2.05) is 0 Å². The quantitative estimate of drug-likeness (QED) is 0.840. The lowest BCUT2D eigenvalue weighted by Crippen LogP contribution is -2.50. The second-order valence-electron chi connectivity index (χ2n) is 6.48. The number of carbonyl (C=O) groups is 1. The highest BCUT2D eigenvalue weighted by Crippen LogP contribution is 2.38. The van der Waals surface area contributed by atoms with Gasteiger partial charge in [0.05, 0.1) is 12.2 Å². The molecule has 0 aromatic rings. The maximum atomic E-state index is 13.0. The van der Waals surface area contributed by atoms with Gasteiger partial charge in [0.2, 0.25) is 15.9 Å². The molecule has 2 aliphatic rings. The topological polar surface area (TPSA) is 66.5 Å². The number of halogens is 3. The van der Waals surface area contributed by atoms with Gasteiger partial charge in [-0.05, 0) is 25.7 Å². The third-order valence-electron chi connectivity index (χ3n) is 4.81. The lowest BCUT2D eigenvalue weighted by molar-refractivity contribution is -0.189. The molecule has 1 aliphatic carbocycles. The molecule has 2 fully saturated rings. The number of hydrogen-bond acceptors (Lipinski definition) is 3. The van der Waals surface area contributed by atoms with E-state index in [0.717, 1.165) is 6.26 Å². The van der Waals surface area contributed by atoms with Crippen LogP contribution in [0, 0.1) is 11.8 Å². The van der Waals surface area contributed by atoms with Gasteiger partial charge in [-0.1, -0.05) is 12.8 Å². The fourth-order valence-electron chi connectivity index (χ4n) is 3.45. The van der Waals surface area contributed by atoms with Crippen molar-refractivity contribution in [3.05, 3.63) is 0 Å². The Hall–Kier alpha value is -0.830. The molecule has 23 heavy (non-hydrogen) atoms. The van der Waals surface area contributed by atoms with Crippen LogP contribution in [0.5, 0.6) is 0 Å². The zero-order valence-electron chi connectivity index (χ0n) is 13.1. The Balaban J connectivity index is 1.91. The molecular weight excluding hydrogens is 333 g/mol. The summed E-state index contributed by atoms with van der Waals surface area (Å²) in [6.07, 6.45) is -0.863. The zero-order valence-corrected chi connectivity index (χ0v) is 13.9. The molecule has 2 rings (SSSR count). The Morgan fingerprint density at radius 1 is 1.09 bits per heavy atom. The van der Waals surface area contributed by atoms with Gasteiger partial charge in [0, 0.05) is 25.0 Å². The van der Waals surface area contributed by atoms with Crippen molar-refractivity contribution < 1.29 is 26.4 Å². The van der Waals surface area contributed by atoms with Crippen LogP contribution in [-0.2, 0) is 14.8 Å². The van der Waals surface area contributed by atoms with Gasteiger partial charge in [-0.15, -0.1) is 0 Å². The zero-order chi connectivity index (χ0) is 17.3. The van der Waals surface area contributed by atoms with E-state index in [0.29, 0.717) is 32.1 Å². The van der Waals surface area contributed by atoms with Crippen LogP contribution in [-0.4, -0.2) is 50.2 Å². The van der Waals surface area contributed by atoms with Gasteiger partial charge in [-0.25, -0.2) is 12.7 Å². The molecule has 0 spiro atoms. The summed E-state index contributed by atoms with van der Waals surface area (Å²) in [5, 5.41) is 2.57. The third kappa shape index (κ3) is 4.82. The normalized spacial score (nSPS) is 28.5. The highest BCUT2D eigenvalue weighted by atomic mass is 32.2. The molecule has 9 heteroatoms. The van der Waals surface area contributed by atoms with E-state index in [4.69, 9.17) is 0 Å². The molecule has 0 unspecified atom stereocenters. The standard InChI is InChI=1S/C14H23F3N2O3S/c1-23(21,22)19-8-6-10(7-9-19)13(20)18-12-5-3-2-4-11(12)14(15,16)17/h10-12H,2-9H2,1H3,(H,18,20)/t11-,12+/m1/s1. The number of nitrogens with zero attached hydrogens (tertiary/aromatic N) is 1. The van der Waals surface area contributed by atoms with Crippen molar-refractivity contribution in [1.29, 1.82) is 0 Å². The number of carbonyl (C=O) groups excluding carboxylic acids is 1. The summed E-state index contributed by atoms with van der Waals surface area (Å²) in [7, 11) is -3.28. The van der Waals surface area contributed by atoms with Gasteiger partial charge in [-0.3, -0.25) is 4.79 Å². The maximum absolute atomic E-state index is 13.0. The van der Waals surface area contributed by atoms with Crippen LogP contribution in [0.4, 0.5) is 13.2 Å². The first-order valence-electron chi connectivity index (χ1n) is 7.91. The van der Waals surface area contributed by atoms with Crippen LogP contribution >= 0.6 is 0 Å². The van der Waals surface area contributed by atoms with Crippen LogP contribution in [0.25, 0.3) is 0 Å². The summed E-state index contributed by atoms with van der Waals surface area (Å²) in [4.78, 5) is 12.2. The number of hydrogen-bond donors (Lipinski definition) is 1. The highest BCUT2D eigenvalue weighted by molar-refractivity contribution is 7.88. The van der Waals surface area contributed by atoms with Gasteiger partial charge in [0.15, 0.2) is 0 Å². The van der Waals surface area contributed by atoms with Gasteiger partial charge in [0.25, 0.3) is 0 Å². The summed E-state index contributed by atoms with van der Waals surface area (Å²) in [6, 6.07) is -0.857. The minimum absolute atomic E-state index is 0.0565. The van der Waals surface area contributed by atoms with E-state index in [2.05, 4.69) is 5.32 Å². The molecule has 0 aromatic heterocycles. The van der Waals surface area contributed by atoms with Gasteiger partial charge >= 0.3 is 6.18 Å². The molecule has 2 atom stereocenters. The molecule has 134 valence electrons. The van der Waals surface area contributed by atoms with Crippen molar-refractivity contribution >= 4 is 15.9 Å². The Morgan fingerprint density at radius 3 is 2.17 bits per heavy atom. The first kappa shape index (κ1) is 18.5. The summed E-state index contributed by atoms with van der Waals surface area (Å²) in [5.74, 6) is -2.26. The molecule has 1 saturated carbocycles. The Bertz CT molecular complexity index is 528. The Kier molecular flexibility index (Phi) is 5.60. The van der Waals surface area contributed by atoms with Crippen LogP contribution in [0.2, 0.25) is 0 Å². The van der Waals surface area contributed by atoms with Gasteiger partial charge in [-0.2, -0.15) is 13.2 Å². The van der Waals surface area contributed by atoms with E-state index in [9.17, 15) is 26.4 Å². The van der Waals surface area contributed by atoms with Crippen molar-refractivity contribution in [2.24, 2.45) is 11.8 Å². The van der Waals surface area contributed by atoms with Gasteiger partial charge < -0.3 is 5.32 Å². The molecule has 0 radical (unpaired) electrons. The molecule has 1 saturated heterocycles. The maximum Gasteiger partial charge on any atom is 0.393 e. The van der Waals surface area contributed by atoms with E-state index < -0.39 is 34.1 Å². The third-order valence-corrected chi connectivity index (χ3v) is 6.11. The number of amides is 1. The van der Waals surface area contributed by atoms with E-state index in [-0.39, 0.29) is 25.4 Å². The second-order valence-corrected chi connectivity index (χ2v) is 8.47. The number of sulfonamides is 1. The van der Waals surface area contributed by atoms with Crippen LogP contribution in [0.3, 0.4) is 0 Å². The fraction of sp³-hybridized carbons (Fsp3) is 0.929. The molecule has 1 amide bonds. The molecule has 5 nitrogen and oxygen atoms in total. The van der Waals surface area contributed by atoms with E-state index >= 15 is 0 Å². The van der Waals surface area contributed by atoms with Crippen molar-refractivity contribution in [2.75, 3.05) is 19.3 Å². The number of rotatable bonds is 3. The summed E-state index contributed by atoms with van der Waals surface area (Å²) in [6.45, 7) is 0.481. The molecule has 0 bridgehead atoms. The smallest absolute Gasteiger partial charge is 0.353 e. The SMILES string of the molecule is CS(=O)(=O)N1CCC(C(=O)N[C@H]2CCCC[C@H]2C(F)(F)F)CC1. The average molecular weight is 356 g/mol. The fourth-order valence-corrected chi connectivity index (χ4v) is 4.32. The lowest BCUT2D eigenvalue weighted by atomic mass is 9.83. The number of piperidine rings is 1. The predicted molar refractivity (Wildman–Crippen MR) is 79.1 cm³/mol. The first-order valence-corrected chi connectivity index (χ1v) is 9.76. The van der Waals surface area contributed by atoms with E-state index in [1.54, 1.807) is 0 Å². The van der Waals surface area contributed by atoms with Crippen LogP contribution in [0.1, 0.15) is 38.5 Å². The molecule has 1 aliphatic heterocycles. The highest BCUT2D eigenvalue weighted by Gasteiger charge is 2.46. The largest absolute Gasteiger partial charge is 0.393 e. The monoisotopic (exact) mass is 356 g/mol. The predicted octanol–water partition coefficient (Wildman–Crippen LogP) is 1.90. The summed E-state index contributed by atoms with van der Waals surface area (Å²) in [5.41, 5.74) is 0. The van der Waals surface area contributed by atoms with Crippen molar-refractivity contribution in [2.45, 2.75) is 50.7 Å². The van der Waals surface area contributed by atoms with Crippen molar-refractivity contribution in [1.82, 2.24) is 9.62 Å². The molecule has 0 aromatic carbocycles. The van der Waals surface area contributed by atoms with Crippen LogP contribution < -0.4 is 5.32 Å². The lowest BCUT2D eigenvalue weighted by Gasteiger charge is -2.35. The first-order chi connectivity index (χ1) is 10.6. The van der Waals surface area contributed by atoms with Gasteiger partial charge in [0.1, 0.15) is 0 Å². The minimum Gasteiger partial charge on any atom is -0.353 e. The number of nitrogens with one attached hydrogen (secondary N) is 1. The van der Waals surface area contributed by atoms with E-state index in [1.165, 1.54) is 4.31 Å². The number of alkyl halides is 3. The Morgan fingerprint density at radius 2 is 1.65 bits per heavy atom. The molecule has 1 heterocycles. The van der Waals surface area contributed by atoms with Crippen molar-refractivity contribution in [3.63, 3.8) is 0 Å². The molecular formula is C14H23F3N2O3S. The van der Waals surface area contributed by atoms with Crippen molar-refractivity contribution in [3.8, 4) is 0 Å². The average Bonchev–Trinajstić information content (AvgIpc) is 2.46. The summed E-state index contributed by atoms with van der Waals surface area (Å²) >= 11 is 0. The summed E-state index contributed by atoms with van der Waals surface area (Å²) < 4.78 is 63.3. The second kappa shape index (κ2) is 6.96. The molecule has 1 N–H and O–H groups in total.